The van der Waals surface area contributed by atoms with Crippen molar-refractivity contribution in [2.45, 2.75) is 33.1 Å². The molecule has 0 radical (unpaired) electrons. The van der Waals surface area contributed by atoms with Gasteiger partial charge in [-0.05, 0) is 66.5 Å². The number of carbonyl (C=O) groups is 3. The van der Waals surface area contributed by atoms with Crippen LogP contribution < -0.4 is 10.2 Å². The van der Waals surface area contributed by atoms with Crippen molar-refractivity contribution in [1.82, 2.24) is 0 Å². The number of aryl methyl sites for hydroxylation is 2. The number of hydrogen-bond donors (Lipinski definition) is 1. The Kier molecular flexibility index (Phi) is 4.77. The van der Waals surface area contributed by atoms with E-state index in [1.165, 1.54) is 4.90 Å². The average Bonchev–Trinajstić information content (AvgIpc) is 3.47. The third-order valence-electron chi connectivity index (χ3n) is 7.10. The summed E-state index contributed by atoms with van der Waals surface area (Å²) < 4.78 is 0. The van der Waals surface area contributed by atoms with Crippen LogP contribution in [0.4, 0.5) is 11.4 Å². The van der Waals surface area contributed by atoms with E-state index in [1.54, 1.807) is 24.3 Å². The van der Waals surface area contributed by atoms with Gasteiger partial charge < -0.3 is 5.32 Å². The summed E-state index contributed by atoms with van der Waals surface area (Å²) in [7, 11) is 0. The molecule has 1 aliphatic heterocycles. The van der Waals surface area contributed by atoms with Crippen molar-refractivity contribution in [3.8, 4) is 0 Å². The quantitative estimate of drug-likeness (QED) is 0.583. The summed E-state index contributed by atoms with van der Waals surface area (Å²) in [6.45, 7) is 4.14. The Morgan fingerprint density at radius 1 is 0.903 bits per heavy atom. The van der Waals surface area contributed by atoms with E-state index >= 15 is 0 Å². The van der Waals surface area contributed by atoms with Gasteiger partial charge in [-0.3, -0.25) is 19.3 Å². The SMILES string of the molecule is CCc1cccc(CC)c1NC(=O)c1ccc(N2C(=O)[C@H]3[C@H](C2=O)[C@H]2C=C[C@H]3C2)cc1. The molecule has 2 bridgehead atoms. The first-order valence-electron chi connectivity index (χ1n) is 11.1. The summed E-state index contributed by atoms with van der Waals surface area (Å²) >= 11 is 0. The number of amides is 3. The highest BCUT2D eigenvalue weighted by Crippen LogP contribution is 2.53. The Labute approximate surface area is 182 Å². The first-order valence-corrected chi connectivity index (χ1v) is 11.1. The molecule has 5 rings (SSSR count). The number of rotatable bonds is 5. The van der Waals surface area contributed by atoms with Crippen molar-refractivity contribution >= 4 is 29.1 Å². The van der Waals surface area contributed by atoms with Gasteiger partial charge in [0.1, 0.15) is 0 Å². The predicted molar refractivity (Wildman–Crippen MR) is 120 cm³/mol. The van der Waals surface area contributed by atoms with Crippen molar-refractivity contribution in [3.05, 3.63) is 71.3 Å². The Balaban J connectivity index is 1.36. The number of nitrogens with zero attached hydrogens (tertiary/aromatic N) is 1. The third-order valence-corrected chi connectivity index (χ3v) is 7.10. The van der Waals surface area contributed by atoms with Crippen molar-refractivity contribution in [2.75, 3.05) is 10.2 Å². The predicted octanol–water partition coefficient (Wildman–Crippen LogP) is 4.38. The highest BCUT2D eigenvalue weighted by atomic mass is 16.2. The number of hydrogen-bond acceptors (Lipinski definition) is 3. The van der Waals surface area contributed by atoms with Crippen molar-refractivity contribution < 1.29 is 14.4 Å². The summed E-state index contributed by atoms with van der Waals surface area (Å²) in [6.07, 6.45) is 6.76. The van der Waals surface area contributed by atoms with E-state index in [0.717, 1.165) is 36.1 Å². The lowest BCUT2D eigenvalue weighted by atomic mass is 9.85. The van der Waals surface area contributed by atoms with Crippen LogP contribution in [0.5, 0.6) is 0 Å². The number of anilines is 2. The molecule has 0 spiro atoms. The van der Waals surface area contributed by atoms with E-state index in [-0.39, 0.29) is 41.4 Å². The lowest BCUT2D eigenvalue weighted by molar-refractivity contribution is -0.123. The van der Waals surface area contributed by atoms with E-state index in [1.807, 2.05) is 18.2 Å². The topological polar surface area (TPSA) is 66.5 Å². The zero-order valence-electron chi connectivity index (χ0n) is 17.8. The minimum Gasteiger partial charge on any atom is -0.321 e. The standard InChI is InChI=1S/C26H26N2O3/c1-3-15-6-5-7-16(4-2)23(15)27-24(29)17-10-12-20(13-11-17)28-25(30)21-18-8-9-19(14-18)22(21)26(28)31/h5-13,18-19,21-22H,3-4,14H2,1-2H3,(H,27,29)/t18-,19-,21+,22+/m0/s1. The van der Waals surface area contributed by atoms with E-state index in [2.05, 4.69) is 31.3 Å². The minimum absolute atomic E-state index is 0.103. The second-order valence-electron chi connectivity index (χ2n) is 8.67. The normalized spacial score (nSPS) is 25.9. The molecule has 3 amide bonds. The highest BCUT2D eigenvalue weighted by molar-refractivity contribution is 6.23. The van der Waals surface area contributed by atoms with Gasteiger partial charge in [-0.1, -0.05) is 44.2 Å². The first-order chi connectivity index (χ1) is 15.0. The Hall–Kier alpha value is -3.21. The van der Waals surface area contributed by atoms with Gasteiger partial charge in [0.05, 0.1) is 17.5 Å². The largest absolute Gasteiger partial charge is 0.321 e. The van der Waals surface area contributed by atoms with Crippen molar-refractivity contribution in [2.24, 2.45) is 23.7 Å². The van der Waals surface area contributed by atoms with Gasteiger partial charge in [-0.25, -0.2) is 0 Å². The van der Waals surface area contributed by atoms with Crippen LogP contribution in [0, 0.1) is 23.7 Å². The number of fused-ring (bicyclic) bond motifs is 5. The molecule has 1 N–H and O–H groups in total. The van der Waals surface area contributed by atoms with Gasteiger partial charge in [0, 0.05) is 11.3 Å². The molecule has 1 heterocycles. The number of allylic oxidation sites excluding steroid dienone is 2. The molecule has 158 valence electrons. The number of nitrogens with one attached hydrogen (secondary N) is 1. The molecular weight excluding hydrogens is 388 g/mol. The molecule has 2 aromatic rings. The van der Waals surface area contributed by atoms with Gasteiger partial charge in [-0.2, -0.15) is 0 Å². The van der Waals surface area contributed by atoms with Crippen LogP contribution in [0.15, 0.2) is 54.6 Å². The van der Waals surface area contributed by atoms with E-state index in [0.29, 0.717) is 11.3 Å². The maximum absolute atomic E-state index is 13.0. The molecule has 2 aromatic carbocycles. The van der Waals surface area contributed by atoms with Crippen LogP contribution in [0.25, 0.3) is 0 Å². The molecule has 1 saturated heterocycles. The Morgan fingerprint density at radius 3 is 1.97 bits per heavy atom. The molecule has 1 saturated carbocycles. The molecule has 4 atom stereocenters. The van der Waals surface area contributed by atoms with Gasteiger partial charge in [0.15, 0.2) is 0 Å². The van der Waals surface area contributed by atoms with Crippen LogP contribution in [-0.2, 0) is 22.4 Å². The van der Waals surface area contributed by atoms with Gasteiger partial charge >= 0.3 is 0 Å². The molecule has 31 heavy (non-hydrogen) atoms. The van der Waals surface area contributed by atoms with Gasteiger partial charge in [0.2, 0.25) is 11.8 Å². The van der Waals surface area contributed by atoms with Crippen LogP contribution >= 0.6 is 0 Å². The number of carbonyl (C=O) groups excluding carboxylic acids is 3. The summed E-state index contributed by atoms with van der Waals surface area (Å²) in [5.41, 5.74) is 4.13. The monoisotopic (exact) mass is 414 g/mol. The summed E-state index contributed by atoms with van der Waals surface area (Å²) in [5, 5.41) is 3.06. The fourth-order valence-electron chi connectivity index (χ4n) is 5.51. The van der Waals surface area contributed by atoms with Crippen molar-refractivity contribution in [3.63, 3.8) is 0 Å². The van der Waals surface area contributed by atoms with Gasteiger partial charge in [-0.15, -0.1) is 0 Å². The van der Waals surface area contributed by atoms with E-state index < -0.39 is 0 Å². The molecule has 3 aliphatic rings. The lowest BCUT2D eigenvalue weighted by Crippen LogP contribution is -2.32. The fourth-order valence-corrected chi connectivity index (χ4v) is 5.51. The zero-order chi connectivity index (χ0) is 21.7. The lowest BCUT2D eigenvalue weighted by Gasteiger charge is -2.18. The number of para-hydroxylation sites is 1. The first kappa shape index (κ1) is 19.7. The highest BCUT2D eigenvalue weighted by Gasteiger charge is 2.59. The van der Waals surface area contributed by atoms with E-state index in [9.17, 15) is 14.4 Å². The molecule has 2 fully saturated rings. The maximum Gasteiger partial charge on any atom is 0.255 e. The molecule has 0 aromatic heterocycles. The van der Waals surface area contributed by atoms with Crippen LogP contribution in [-0.4, -0.2) is 17.7 Å². The fraction of sp³-hybridized carbons (Fsp3) is 0.346. The second kappa shape index (κ2) is 7.49. The molecule has 5 nitrogen and oxygen atoms in total. The number of benzene rings is 2. The molecule has 5 heteroatoms. The molecule has 0 unspecified atom stereocenters. The third kappa shape index (κ3) is 3.02. The summed E-state index contributed by atoms with van der Waals surface area (Å²) in [6, 6.07) is 12.9. The zero-order valence-corrected chi connectivity index (χ0v) is 17.8. The van der Waals surface area contributed by atoms with Crippen LogP contribution in [0.2, 0.25) is 0 Å². The van der Waals surface area contributed by atoms with Crippen molar-refractivity contribution in [1.29, 1.82) is 0 Å². The van der Waals surface area contributed by atoms with E-state index in [4.69, 9.17) is 0 Å². The summed E-state index contributed by atoms with van der Waals surface area (Å²) in [5.74, 6) is -0.463. The van der Waals surface area contributed by atoms with Crippen LogP contribution in [0.1, 0.15) is 41.8 Å². The summed E-state index contributed by atoms with van der Waals surface area (Å²) in [4.78, 5) is 40.2. The minimum atomic E-state index is -0.219. The average molecular weight is 415 g/mol. The maximum atomic E-state index is 13.0. The molecular formula is C26H26N2O3. The number of imide groups is 1. The Bertz CT molecular complexity index is 1050. The van der Waals surface area contributed by atoms with Gasteiger partial charge in [0.25, 0.3) is 5.91 Å². The Morgan fingerprint density at radius 2 is 1.45 bits per heavy atom. The smallest absolute Gasteiger partial charge is 0.255 e. The van der Waals surface area contributed by atoms with Crippen LogP contribution in [0.3, 0.4) is 0 Å². The second-order valence-corrected chi connectivity index (χ2v) is 8.67. The molecule has 2 aliphatic carbocycles.